The Labute approximate surface area is 114 Å². The van der Waals surface area contributed by atoms with E-state index in [1.165, 1.54) is 38.4 Å². The highest BCUT2D eigenvalue weighted by molar-refractivity contribution is 5.38. The van der Waals surface area contributed by atoms with E-state index in [9.17, 15) is 10.2 Å². The maximum atomic E-state index is 9.70. The van der Waals surface area contributed by atoms with Crippen LogP contribution in [-0.4, -0.2) is 40.8 Å². The summed E-state index contributed by atoms with van der Waals surface area (Å²) in [7, 11) is 0. The van der Waals surface area contributed by atoms with Crippen molar-refractivity contribution >= 4 is 0 Å². The minimum atomic E-state index is 0.108. The predicted octanol–water partition coefficient (Wildman–Crippen LogP) is 1.67. The fourth-order valence-corrected chi connectivity index (χ4v) is 2.91. The molecule has 3 N–H and O–H groups in total. The SMILES string of the molecule is Oc1ccc(CNCC2CCN(C3CC3)C2)c(O)c1. The van der Waals surface area contributed by atoms with Crippen molar-refractivity contribution in [1.29, 1.82) is 0 Å². The number of nitrogens with zero attached hydrogens (tertiary/aromatic N) is 1. The average Bonchev–Trinajstić information content (AvgIpc) is 3.13. The number of benzene rings is 1. The number of phenols is 2. The minimum Gasteiger partial charge on any atom is -0.508 e. The van der Waals surface area contributed by atoms with Gasteiger partial charge in [0.25, 0.3) is 0 Å². The number of rotatable bonds is 5. The molecule has 1 saturated heterocycles. The van der Waals surface area contributed by atoms with Gasteiger partial charge in [-0.15, -0.1) is 0 Å². The van der Waals surface area contributed by atoms with E-state index in [0.29, 0.717) is 6.54 Å². The largest absolute Gasteiger partial charge is 0.508 e. The van der Waals surface area contributed by atoms with E-state index < -0.39 is 0 Å². The van der Waals surface area contributed by atoms with Gasteiger partial charge in [-0.05, 0) is 44.3 Å². The van der Waals surface area contributed by atoms with E-state index in [2.05, 4.69) is 10.2 Å². The summed E-state index contributed by atoms with van der Waals surface area (Å²) in [6.45, 7) is 4.14. The highest BCUT2D eigenvalue weighted by atomic mass is 16.3. The van der Waals surface area contributed by atoms with Gasteiger partial charge in [0, 0.05) is 30.8 Å². The van der Waals surface area contributed by atoms with Gasteiger partial charge in [-0.2, -0.15) is 0 Å². The van der Waals surface area contributed by atoms with Crippen molar-refractivity contribution in [3.05, 3.63) is 23.8 Å². The third kappa shape index (κ3) is 3.19. The maximum absolute atomic E-state index is 9.70. The van der Waals surface area contributed by atoms with Crippen molar-refractivity contribution in [1.82, 2.24) is 10.2 Å². The molecule has 1 aromatic carbocycles. The predicted molar refractivity (Wildman–Crippen MR) is 74.2 cm³/mol. The Morgan fingerprint density at radius 2 is 2.05 bits per heavy atom. The Balaban J connectivity index is 1.43. The Bertz CT molecular complexity index is 446. The lowest BCUT2D eigenvalue weighted by Crippen LogP contribution is -2.27. The van der Waals surface area contributed by atoms with Crippen LogP contribution >= 0.6 is 0 Å². The molecule has 0 spiro atoms. The first-order chi connectivity index (χ1) is 9.22. The lowest BCUT2D eigenvalue weighted by atomic mass is 10.1. The molecule has 4 heteroatoms. The Kier molecular flexibility index (Phi) is 3.62. The van der Waals surface area contributed by atoms with Crippen LogP contribution in [0.25, 0.3) is 0 Å². The number of aromatic hydroxyl groups is 2. The molecule has 0 amide bonds. The van der Waals surface area contributed by atoms with Crippen LogP contribution in [-0.2, 0) is 6.54 Å². The van der Waals surface area contributed by atoms with E-state index in [4.69, 9.17) is 0 Å². The molecule has 104 valence electrons. The summed E-state index contributed by atoms with van der Waals surface area (Å²) in [5.74, 6) is 1.01. The molecule has 3 rings (SSSR count). The molecular formula is C15H22N2O2. The second-order valence-corrected chi connectivity index (χ2v) is 5.82. The molecule has 0 bridgehead atoms. The standard InChI is InChI=1S/C15H22N2O2/c18-14-4-1-12(15(19)7-14)9-16-8-11-5-6-17(10-11)13-2-3-13/h1,4,7,11,13,16,18-19H,2-3,5-6,8-10H2. The second kappa shape index (κ2) is 5.39. The lowest BCUT2D eigenvalue weighted by Gasteiger charge is -2.15. The molecule has 19 heavy (non-hydrogen) atoms. The molecule has 1 heterocycles. The monoisotopic (exact) mass is 262 g/mol. The molecular weight excluding hydrogens is 240 g/mol. The average molecular weight is 262 g/mol. The first-order valence-corrected chi connectivity index (χ1v) is 7.18. The first-order valence-electron chi connectivity index (χ1n) is 7.18. The van der Waals surface area contributed by atoms with E-state index in [1.54, 1.807) is 12.1 Å². The van der Waals surface area contributed by atoms with Crippen LogP contribution in [0.5, 0.6) is 11.5 Å². The Morgan fingerprint density at radius 3 is 2.79 bits per heavy atom. The van der Waals surface area contributed by atoms with Gasteiger partial charge >= 0.3 is 0 Å². The normalized spacial score (nSPS) is 23.9. The molecule has 1 aliphatic heterocycles. The van der Waals surface area contributed by atoms with E-state index in [1.807, 2.05) is 0 Å². The van der Waals surface area contributed by atoms with Crippen LogP contribution in [0.3, 0.4) is 0 Å². The number of hydrogen-bond acceptors (Lipinski definition) is 4. The van der Waals surface area contributed by atoms with E-state index in [-0.39, 0.29) is 11.5 Å². The van der Waals surface area contributed by atoms with Gasteiger partial charge in [0.15, 0.2) is 0 Å². The van der Waals surface area contributed by atoms with Crippen LogP contribution < -0.4 is 5.32 Å². The van der Waals surface area contributed by atoms with Crippen LogP contribution in [0.1, 0.15) is 24.8 Å². The molecule has 2 fully saturated rings. The van der Waals surface area contributed by atoms with Crippen LogP contribution in [0.4, 0.5) is 0 Å². The van der Waals surface area contributed by atoms with Gasteiger partial charge in [-0.1, -0.05) is 6.07 Å². The summed E-state index contributed by atoms with van der Waals surface area (Å²) < 4.78 is 0. The van der Waals surface area contributed by atoms with Gasteiger partial charge in [0.05, 0.1) is 0 Å². The zero-order chi connectivity index (χ0) is 13.2. The molecule has 2 aliphatic rings. The summed E-state index contributed by atoms with van der Waals surface area (Å²) in [6, 6.07) is 5.65. The summed E-state index contributed by atoms with van der Waals surface area (Å²) in [5, 5.41) is 22.4. The zero-order valence-corrected chi connectivity index (χ0v) is 11.2. The summed E-state index contributed by atoms with van der Waals surface area (Å²) in [4.78, 5) is 2.62. The number of likely N-dealkylation sites (tertiary alicyclic amines) is 1. The highest BCUT2D eigenvalue weighted by Crippen LogP contribution is 2.31. The summed E-state index contributed by atoms with van der Waals surface area (Å²) in [5.41, 5.74) is 0.842. The number of hydrogen-bond donors (Lipinski definition) is 3. The van der Waals surface area contributed by atoms with Crippen LogP contribution in [0.15, 0.2) is 18.2 Å². The van der Waals surface area contributed by atoms with Crippen LogP contribution in [0, 0.1) is 5.92 Å². The molecule has 1 saturated carbocycles. The van der Waals surface area contributed by atoms with E-state index >= 15 is 0 Å². The fraction of sp³-hybridized carbons (Fsp3) is 0.600. The highest BCUT2D eigenvalue weighted by Gasteiger charge is 2.33. The third-order valence-electron chi connectivity index (χ3n) is 4.20. The van der Waals surface area contributed by atoms with Gasteiger partial charge in [0.2, 0.25) is 0 Å². The lowest BCUT2D eigenvalue weighted by molar-refractivity contribution is 0.311. The minimum absolute atomic E-state index is 0.108. The molecule has 1 unspecified atom stereocenters. The molecule has 1 atom stereocenters. The van der Waals surface area contributed by atoms with Crippen molar-refractivity contribution in [2.45, 2.75) is 31.8 Å². The van der Waals surface area contributed by atoms with Crippen molar-refractivity contribution in [3.8, 4) is 11.5 Å². The Morgan fingerprint density at radius 1 is 1.21 bits per heavy atom. The van der Waals surface area contributed by atoms with Crippen molar-refractivity contribution in [3.63, 3.8) is 0 Å². The van der Waals surface area contributed by atoms with Gasteiger partial charge in [0.1, 0.15) is 11.5 Å². The fourth-order valence-electron chi connectivity index (χ4n) is 2.91. The Hall–Kier alpha value is -1.26. The third-order valence-corrected chi connectivity index (χ3v) is 4.20. The number of nitrogens with one attached hydrogen (secondary N) is 1. The second-order valence-electron chi connectivity index (χ2n) is 5.82. The van der Waals surface area contributed by atoms with Crippen molar-refractivity contribution < 1.29 is 10.2 Å². The molecule has 1 aromatic rings. The van der Waals surface area contributed by atoms with Crippen LogP contribution in [0.2, 0.25) is 0 Å². The smallest absolute Gasteiger partial charge is 0.123 e. The van der Waals surface area contributed by atoms with Crippen molar-refractivity contribution in [2.24, 2.45) is 5.92 Å². The van der Waals surface area contributed by atoms with E-state index in [0.717, 1.165) is 24.1 Å². The quantitative estimate of drug-likeness (QED) is 0.755. The molecule has 0 aromatic heterocycles. The van der Waals surface area contributed by atoms with Gasteiger partial charge < -0.3 is 20.4 Å². The topological polar surface area (TPSA) is 55.7 Å². The number of phenolic OH excluding ortho intramolecular Hbond substituents is 2. The zero-order valence-electron chi connectivity index (χ0n) is 11.2. The molecule has 4 nitrogen and oxygen atoms in total. The van der Waals surface area contributed by atoms with Gasteiger partial charge in [-0.25, -0.2) is 0 Å². The first kappa shape index (κ1) is 12.8. The molecule has 0 radical (unpaired) electrons. The maximum Gasteiger partial charge on any atom is 0.123 e. The van der Waals surface area contributed by atoms with Crippen molar-refractivity contribution in [2.75, 3.05) is 19.6 Å². The summed E-state index contributed by atoms with van der Waals surface area (Å²) >= 11 is 0. The summed E-state index contributed by atoms with van der Waals surface area (Å²) in [6.07, 6.45) is 4.06. The van der Waals surface area contributed by atoms with Gasteiger partial charge in [-0.3, -0.25) is 0 Å². The molecule has 1 aliphatic carbocycles.